The van der Waals surface area contributed by atoms with Crippen molar-refractivity contribution in [2.45, 2.75) is 64.1 Å². The Kier molecular flexibility index (Phi) is 14.3. The fourth-order valence-corrected chi connectivity index (χ4v) is 4.64. The molecule has 0 radical (unpaired) electrons. The van der Waals surface area contributed by atoms with Gasteiger partial charge in [-0.25, -0.2) is 0 Å². The van der Waals surface area contributed by atoms with E-state index in [1.165, 1.54) is 0 Å². The normalized spacial score (nSPS) is 12.2. The summed E-state index contributed by atoms with van der Waals surface area (Å²) in [6, 6.07) is 27.2. The van der Waals surface area contributed by atoms with E-state index in [0.717, 1.165) is 36.8 Å². The van der Waals surface area contributed by atoms with Crippen LogP contribution in [0.15, 0.2) is 91.0 Å². The van der Waals surface area contributed by atoms with Gasteiger partial charge in [-0.15, -0.1) is 0 Å². The molecule has 8 heteroatoms. The van der Waals surface area contributed by atoms with Crippen LogP contribution in [-0.2, 0) is 32.1 Å². The quantitative estimate of drug-likeness (QED) is 0.151. The molecule has 3 rings (SSSR count). The van der Waals surface area contributed by atoms with Crippen molar-refractivity contribution in [3.05, 3.63) is 102 Å². The highest BCUT2D eigenvalue weighted by Gasteiger charge is 2.29. The van der Waals surface area contributed by atoms with Gasteiger partial charge < -0.3 is 20.7 Å². The highest BCUT2D eigenvalue weighted by molar-refractivity contribution is 5.95. The number of carbonyl (C=O) groups is 3. The van der Waals surface area contributed by atoms with Crippen molar-refractivity contribution in [1.29, 1.82) is 0 Å². The maximum Gasteiger partial charge on any atom is 0.323 e. The van der Waals surface area contributed by atoms with Gasteiger partial charge >= 0.3 is 5.97 Å². The second-order valence-electron chi connectivity index (χ2n) is 10.4. The van der Waals surface area contributed by atoms with Gasteiger partial charge in [-0.1, -0.05) is 91.7 Å². The molecule has 8 nitrogen and oxygen atoms in total. The molecular weight excluding hydrogens is 528 g/mol. The first-order valence-corrected chi connectivity index (χ1v) is 14.8. The van der Waals surface area contributed by atoms with Crippen LogP contribution in [0, 0.1) is 0 Å². The molecule has 2 atom stereocenters. The van der Waals surface area contributed by atoms with Crippen LogP contribution >= 0.6 is 0 Å². The Morgan fingerprint density at radius 1 is 0.810 bits per heavy atom. The van der Waals surface area contributed by atoms with Gasteiger partial charge in [0.25, 0.3) is 0 Å². The van der Waals surface area contributed by atoms with E-state index >= 15 is 0 Å². The Hall–Kier alpha value is -4.01. The largest absolute Gasteiger partial charge is 0.460 e. The van der Waals surface area contributed by atoms with Gasteiger partial charge in [0.2, 0.25) is 11.8 Å². The molecule has 0 aliphatic carbocycles. The van der Waals surface area contributed by atoms with E-state index in [2.05, 4.69) is 10.6 Å². The number of nitrogens with zero attached hydrogens (tertiary/aromatic N) is 1. The van der Waals surface area contributed by atoms with E-state index in [1.54, 1.807) is 11.8 Å². The molecule has 0 aliphatic heterocycles. The second-order valence-corrected chi connectivity index (χ2v) is 10.4. The Morgan fingerprint density at radius 2 is 1.40 bits per heavy atom. The lowest BCUT2D eigenvalue weighted by Gasteiger charge is -2.29. The molecule has 0 fully saturated rings. The molecule has 0 aliphatic rings. The number of unbranched alkanes of at least 4 members (excludes halogenated alkanes) is 3. The molecular formula is C34H44N4O4. The number of esters is 1. The van der Waals surface area contributed by atoms with Crippen molar-refractivity contribution in [2.75, 3.05) is 25.0 Å². The number of ether oxygens (including phenoxy) is 1. The van der Waals surface area contributed by atoms with E-state index in [1.807, 2.05) is 91.0 Å². The standard InChI is InChI=1S/C34H44N4O4/c1-27(34(41)42-26-29-17-9-5-10-18-29)36-31(22-21-28-15-7-4-8-16-28)33(40)38(24-14-3-2-13-23-35)25-32(39)37-30-19-11-6-12-20-30/h4-12,15-20,27,31,36H,2-3,13-14,21-26,35H2,1H3,(H,37,39)/t27-,31+/m1/s1. The summed E-state index contributed by atoms with van der Waals surface area (Å²) in [5.41, 5.74) is 8.29. The van der Waals surface area contributed by atoms with Crippen molar-refractivity contribution >= 4 is 23.5 Å². The van der Waals surface area contributed by atoms with Crippen LogP contribution in [0.3, 0.4) is 0 Å². The van der Waals surface area contributed by atoms with Gasteiger partial charge in [0, 0.05) is 12.2 Å². The summed E-state index contributed by atoms with van der Waals surface area (Å²) >= 11 is 0. The predicted octanol–water partition coefficient (Wildman–Crippen LogP) is 4.70. The van der Waals surface area contributed by atoms with E-state index in [9.17, 15) is 14.4 Å². The first kappa shape index (κ1) is 32.5. The number of nitrogens with two attached hydrogens (primary N) is 1. The summed E-state index contributed by atoms with van der Waals surface area (Å²) in [6.07, 6.45) is 4.65. The van der Waals surface area contributed by atoms with Crippen molar-refractivity contribution in [3.8, 4) is 0 Å². The predicted molar refractivity (Wildman–Crippen MR) is 167 cm³/mol. The fourth-order valence-electron chi connectivity index (χ4n) is 4.64. The number of hydrogen-bond acceptors (Lipinski definition) is 6. The average molecular weight is 573 g/mol. The molecule has 0 unspecified atom stereocenters. The zero-order valence-corrected chi connectivity index (χ0v) is 24.5. The first-order valence-electron chi connectivity index (χ1n) is 14.8. The molecule has 0 aromatic heterocycles. The number of para-hydroxylation sites is 1. The molecule has 0 heterocycles. The summed E-state index contributed by atoms with van der Waals surface area (Å²) < 4.78 is 5.53. The Balaban J connectivity index is 1.71. The lowest BCUT2D eigenvalue weighted by molar-refractivity contribution is -0.148. The van der Waals surface area contributed by atoms with Crippen LogP contribution < -0.4 is 16.4 Å². The smallest absolute Gasteiger partial charge is 0.323 e. The number of hydrogen-bond donors (Lipinski definition) is 3. The van der Waals surface area contributed by atoms with Crippen molar-refractivity contribution in [1.82, 2.24) is 10.2 Å². The molecule has 4 N–H and O–H groups in total. The van der Waals surface area contributed by atoms with E-state index in [0.29, 0.717) is 31.6 Å². The number of carbonyl (C=O) groups excluding carboxylic acids is 3. The number of rotatable bonds is 18. The minimum absolute atomic E-state index is 0.0824. The molecule has 0 saturated carbocycles. The lowest BCUT2D eigenvalue weighted by atomic mass is 10.0. The molecule has 42 heavy (non-hydrogen) atoms. The maximum atomic E-state index is 14.0. The lowest BCUT2D eigenvalue weighted by Crippen LogP contribution is -2.53. The topological polar surface area (TPSA) is 114 Å². The van der Waals surface area contributed by atoms with Gasteiger partial charge in [-0.2, -0.15) is 0 Å². The van der Waals surface area contributed by atoms with Gasteiger partial charge in [-0.05, 0) is 62.4 Å². The summed E-state index contributed by atoms with van der Waals surface area (Å²) in [4.78, 5) is 41.5. The molecule has 0 bridgehead atoms. The highest BCUT2D eigenvalue weighted by atomic mass is 16.5. The van der Waals surface area contributed by atoms with Gasteiger partial charge in [0.1, 0.15) is 12.6 Å². The Morgan fingerprint density at radius 3 is 2.05 bits per heavy atom. The highest BCUT2D eigenvalue weighted by Crippen LogP contribution is 2.12. The zero-order valence-electron chi connectivity index (χ0n) is 24.5. The van der Waals surface area contributed by atoms with Crippen LogP contribution in [0.25, 0.3) is 0 Å². The molecule has 2 amide bonds. The summed E-state index contributed by atoms with van der Waals surface area (Å²) in [6.45, 7) is 2.84. The van der Waals surface area contributed by atoms with Crippen molar-refractivity contribution < 1.29 is 19.1 Å². The number of aryl methyl sites for hydroxylation is 1. The summed E-state index contributed by atoms with van der Waals surface area (Å²) in [5.74, 6) is -0.921. The average Bonchev–Trinajstić information content (AvgIpc) is 3.02. The summed E-state index contributed by atoms with van der Waals surface area (Å²) in [7, 11) is 0. The third kappa shape index (κ3) is 11.8. The second kappa shape index (κ2) is 18.4. The zero-order chi connectivity index (χ0) is 30.0. The molecule has 3 aromatic rings. The Bertz CT molecular complexity index is 1210. The van der Waals surface area contributed by atoms with Crippen LogP contribution in [0.1, 0.15) is 50.2 Å². The first-order chi connectivity index (χ1) is 20.5. The number of nitrogens with one attached hydrogen (secondary N) is 2. The van der Waals surface area contributed by atoms with Crippen LogP contribution in [0.5, 0.6) is 0 Å². The minimum Gasteiger partial charge on any atom is -0.460 e. The molecule has 0 spiro atoms. The monoisotopic (exact) mass is 572 g/mol. The van der Waals surface area contributed by atoms with E-state index < -0.39 is 18.1 Å². The number of benzene rings is 3. The molecule has 0 saturated heterocycles. The van der Waals surface area contributed by atoms with E-state index in [4.69, 9.17) is 10.5 Å². The summed E-state index contributed by atoms with van der Waals surface area (Å²) in [5, 5.41) is 6.11. The maximum absolute atomic E-state index is 14.0. The van der Waals surface area contributed by atoms with E-state index in [-0.39, 0.29) is 25.0 Å². The SMILES string of the molecule is C[C@@H](N[C@@H](CCc1ccccc1)C(=O)N(CCCCCCN)CC(=O)Nc1ccccc1)C(=O)OCc1ccccc1. The number of anilines is 1. The molecule has 224 valence electrons. The van der Waals surface area contributed by atoms with Crippen molar-refractivity contribution in [2.24, 2.45) is 5.73 Å². The van der Waals surface area contributed by atoms with Crippen molar-refractivity contribution in [3.63, 3.8) is 0 Å². The molecule has 3 aromatic carbocycles. The van der Waals surface area contributed by atoms with Crippen LogP contribution in [0.2, 0.25) is 0 Å². The van der Waals surface area contributed by atoms with Crippen LogP contribution in [-0.4, -0.2) is 54.4 Å². The minimum atomic E-state index is -0.719. The van der Waals surface area contributed by atoms with Gasteiger partial charge in [-0.3, -0.25) is 19.7 Å². The Labute approximate surface area is 249 Å². The number of amides is 2. The third-order valence-electron chi connectivity index (χ3n) is 6.98. The third-order valence-corrected chi connectivity index (χ3v) is 6.98. The van der Waals surface area contributed by atoms with Gasteiger partial charge in [0.05, 0.1) is 12.6 Å². The fraction of sp³-hybridized carbons (Fsp3) is 0.382. The van der Waals surface area contributed by atoms with Crippen LogP contribution in [0.4, 0.5) is 5.69 Å². The van der Waals surface area contributed by atoms with Gasteiger partial charge in [0.15, 0.2) is 0 Å².